The maximum absolute atomic E-state index is 13.9. The molecule has 1 N–H and O–H groups in total. The number of halogens is 5. The van der Waals surface area contributed by atoms with Crippen LogP contribution in [0.1, 0.15) is 30.0 Å². The number of carboxylic acid groups (broad SMARTS) is 1. The summed E-state index contributed by atoms with van der Waals surface area (Å²) in [6.07, 6.45) is -3.86. The highest BCUT2D eigenvalue weighted by molar-refractivity contribution is 6.31. The third kappa shape index (κ3) is 3.96. The number of carbonyl (C=O) groups is 1. The smallest absolute Gasteiger partial charge is 0.432 e. The maximum atomic E-state index is 13.9. The second-order valence-electron chi connectivity index (χ2n) is 6.75. The molecule has 1 atom stereocenters. The molecule has 3 nitrogen and oxygen atoms in total. The lowest BCUT2D eigenvalue weighted by Crippen LogP contribution is -2.54. The Morgan fingerprint density at radius 3 is 2.38 bits per heavy atom. The molecule has 1 aliphatic rings. The van der Waals surface area contributed by atoms with Gasteiger partial charge in [0.05, 0.1) is 5.57 Å². The van der Waals surface area contributed by atoms with Crippen LogP contribution < -0.4 is 4.74 Å². The molecule has 0 aromatic heterocycles. The van der Waals surface area contributed by atoms with Gasteiger partial charge >= 0.3 is 12.1 Å². The Labute approximate surface area is 169 Å². The fourth-order valence-corrected chi connectivity index (χ4v) is 3.68. The summed E-state index contributed by atoms with van der Waals surface area (Å²) >= 11 is 6.10. The van der Waals surface area contributed by atoms with Crippen molar-refractivity contribution in [2.24, 2.45) is 0 Å². The summed E-state index contributed by atoms with van der Waals surface area (Å²) in [5, 5.41) is 9.64. The first kappa shape index (κ1) is 21.2. The second-order valence-corrected chi connectivity index (χ2v) is 7.19. The van der Waals surface area contributed by atoms with Crippen LogP contribution in [-0.4, -0.2) is 22.9 Å². The van der Waals surface area contributed by atoms with E-state index < -0.39 is 29.7 Å². The van der Waals surface area contributed by atoms with Crippen molar-refractivity contribution in [3.05, 3.63) is 69.5 Å². The second kappa shape index (κ2) is 7.71. The van der Waals surface area contributed by atoms with E-state index in [1.165, 1.54) is 31.2 Å². The molecule has 0 aliphatic carbocycles. The lowest BCUT2D eigenvalue weighted by atomic mass is 9.85. The zero-order valence-electron chi connectivity index (χ0n) is 15.3. The van der Waals surface area contributed by atoms with E-state index in [0.717, 1.165) is 11.6 Å². The van der Waals surface area contributed by atoms with Crippen molar-refractivity contribution in [2.75, 3.05) is 0 Å². The molecule has 3 rings (SSSR count). The number of fused-ring (bicyclic) bond motifs is 1. The molecule has 1 aliphatic heterocycles. The predicted molar refractivity (Wildman–Crippen MR) is 101 cm³/mol. The average molecular weight is 429 g/mol. The molecule has 2 aromatic rings. The van der Waals surface area contributed by atoms with Gasteiger partial charge in [0, 0.05) is 10.6 Å². The van der Waals surface area contributed by atoms with Gasteiger partial charge in [0.15, 0.2) is 0 Å². The highest BCUT2D eigenvalue weighted by atomic mass is 35.5. The highest BCUT2D eigenvalue weighted by Gasteiger charge is 2.62. The molecular weight excluding hydrogens is 412 g/mol. The van der Waals surface area contributed by atoms with Gasteiger partial charge in [0.25, 0.3) is 0 Å². The van der Waals surface area contributed by atoms with Crippen molar-refractivity contribution in [3.8, 4) is 5.75 Å². The number of alkyl halides is 3. The Bertz CT molecular complexity index is 967. The predicted octanol–water partition coefficient (Wildman–Crippen LogP) is 5.84. The molecular formula is C21H17ClF4O3. The van der Waals surface area contributed by atoms with Gasteiger partial charge in [-0.3, -0.25) is 0 Å². The summed E-state index contributed by atoms with van der Waals surface area (Å²) in [6, 6.07) is 8.64. The monoisotopic (exact) mass is 428 g/mol. The van der Waals surface area contributed by atoms with Crippen LogP contribution in [0.25, 0.3) is 6.08 Å². The summed E-state index contributed by atoms with van der Waals surface area (Å²) in [5.41, 5.74) is -2.46. The molecule has 2 aromatic carbocycles. The molecule has 0 fully saturated rings. The summed E-state index contributed by atoms with van der Waals surface area (Å²) in [6.45, 7) is 1.23. The number of hydrogen-bond donors (Lipinski definition) is 1. The maximum Gasteiger partial charge on any atom is 0.432 e. The SMILES string of the molecule is CCC1(C(F)(F)F)Oc2c(cc(Cl)cc2CCc2ccc(F)cc2)C=C1C(=O)O. The van der Waals surface area contributed by atoms with Crippen LogP contribution in [0.15, 0.2) is 42.0 Å². The normalized spacial score (nSPS) is 18.6. The number of carboxylic acids is 1. The van der Waals surface area contributed by atoms with E-state index in [-0.39, 0.29) is 28.6 Å². The van der Waals surface area contributed by atoms with E-state index >= 15 is 0 Å². The van der Waals surface area contributed by atoms with Crippen LogP contribution in [0.4, 0.5) is 17.6 Å². The first-order valence-corrected chi connectivity index (χ1v) is 9.23. The number of aryl methyl sites for hydroxylation is 2. The molecule has 0 saturated carbocycles. The Morgan fingerprint density at radius 2 is 1.83 bits per heavy atom. The lowest BCUT2D eigenvalue weighted by Gasteiger charge is -2.39. The van der Waals surface area contributed by atoms with Crippen molar-refractivity contribution < 1.29 is 32.2 Å². The van der Waals surface area contributed by atoms with Crippen LogP contribution in [-0.2, 0) is 17.6 Å². The van der Waals surface area contributed by atoms with Gasteiger partial charge in [-0.05, 0) is 60.7 Å². The van der Waals surface area contributed by atoms with Gasteiger partial charge in [-0.1, -0.05) is 30.7 Å². The number of hydrogen-bond acceptors (Lipinski definition) is 2. The van der Waals surface area contributed by atoms with Gasteiger partial charge < -0.3 is 9.84 Å². The van der Waals surface area contributed by atoms with Gasteiger partial charge in [-0.15, -0.1) is 0 Å². The Hall–Kier alpha value is -2.54. The quantitative estimate of drug-likeness (QED) is 0.609. The van der Waals surface area contributed by atoms with Crippen LogP contribution >= 0.6 is 11.6 Å². The largest absolute Gasteiger partial charge is 0.478 e. The zero-order valence-corrected chi connectivity index (χ0v) is 16.1. The molecule has 8 heteroatoms. The van der Waals surface area contributed by atoms with E-state index in [4.69, 9.17) is 16.3 Å². The molecule has 1 unspecified atom stereocenters. The third-order valence-corrected chi connectivity index (χ3v) is 5.17. The fourth-order valence-electron chi connectivity index (χ4n) is 3.43. The molecule has 29 heavy (non-hydrogen) atoms. The molecule has 1 heterocycles. The lowest BCUT2D eigenvalue weighted by molar-refractivity contribution is -0.236. The standard InChI is InChI=1S/C21H17ClF4O3/c1-2-20(21(24,25)26)17(19(27)28)11-14-10-15(22)9-13(18(14)29-20)6-3-12-4-7-16(23)8-5-12/h4-5,7-11H,2-3,6H2,1H3,(H,27,28). The number of ether oxygens (including phenoxy) is 1. The zero-order chi connectivity index (χ0) is 21.4. The van der Waals surface area contributed by atoms with E-state index in [0.29, 0.717) is 12.0 Å². The Kier molecular flexibility index (Phi) is 5.63. The molecule has 0 saturated heterocycles. The minimum absolute atomic E-state index is 0.0410. The minimum atomic E-state index is -4.93. The summed E-state index contributed by atoms with van der Waals surface area (Å²) < 4.78 is 60.2. The van der Waals surface area contributed by atoms with Gasteiger partial charge in [0.2, 0.25) is 5.60 Å². The van der Waals surface area contributed by atoms with E-state index in [2.05, 4.69) is 0 Å². The first-order chi connectivity index (χ1) is 13.6. The van der Waals surface area contributed by atoms with E-state index in [9.17, 15) is 27.5 Å². The van der Waals surface area contributed by atoms with E-state index in [1.807, 2.05) is 0 Å². The Balaban J connectivity index is 2.06. The van der Waals surface area contributed by atoms with Gasteiger partial charge in [-0.25, -0.2) is 9.18 Å². The third-order valence-electron chi connectivity index (χ3n) is 4.95. The fraction of sp³-hybridized carbons (Fsp3) is 0.286. The topological polar surface area (TPSA) is 46.5 Å². The number of aliphatic carboxylic acids is 1. The number of benzene rings is 2. The molecule has 0 radical (unpaired) electrons. The van der Waals surface area contributed by atoms with E-state index in [1.54, 1.807) is 12.1 Å². The van der Waals surface area contributed by atoms with Crippen LogP contribution in [0.3, 0.4) is 0 Å². The van der Waals surface area contributed by atoms with Crippen molar-refractivity contribution in [3.63, 3.8) is 0 Å². The molecule has 0 spiro atoms. The van der Waals surface area contributed by atoms with Crippen LogP contribution in [0, 0.1) is 5.82 Å². The molecule has 154 valence electrons. The van der Waals surface area contributed by atoms with Crippen molar-refractivity contribution in [1.29, 1.82) is 0 Å². The summed E-state index contributed by atoms with van der Waals surface area (Å²) in [4.78, 5) is 11.6. The molecule has 0 bridgehead atoms. The summed E-state index contributed by atoms with van der Waals surface area (Å²) in [5.74, 6) is -2.13. The van der Waals surface area contributed by atoms with Crippen LogP contribution in [0.5, 0.6) is 5.75 Å². The van der Waals surface area contributed by atoms with Gasteiger partial charge in [-0.2, -0.15) is 13.2 Å². The summed E-state index contributed by atoms with van der Waals surface area (Å²) in [7, 11) is 0. The highest BCUT2D eigenvalue weighted by Crippen LogP contribution is 2.49. The average Bonchev–Trinajstić information content (AvgIpc) is 2.65. The first-order valence-electron chi connectivity index (χ1n) is 8.85. The molecule has 0 amide bonds. The van der Waals surface area contributed by atoms with Crippen LogP contribution in [0.2, 0.25) is 5.02 Å². The number of rotatable bonds is 5. The van der Waals surface area contributed by atoms with Crippen molar-refractivity contribution in [2.45, 2.75) is 38.0 Å². The van der Waals surface area contributed by atoms with Crippen molar-refractivity contribution in [1.82, 2.24) is 0 Å². The van der Waals surface area contributed by atoms with Crippen molar-refractivity contribution >= 4 is 23.6 Å². The minimum Gasteiger partial charge on any atom is -0.478 e. The van der Waals surface area contributed by atoms with Gasteiger partial charge in [0.1, 0.15) is 11.6 Å². The Morgan fingerprint density at radius 1 is 1.17 bits per heavy atom.